The molecule has 144 valence electrons. The van der Waals surface area contributed by atoms with E-state index in [-0.39, 0.29) is 0 Å². The van der Waals surface area contributed by atoms with Crippen LogP contribution in [0.3, 0.4) is 0 Å². The topological polar surface area (TPSA) is 25.2 Å². The molecule has 2 nitrogen and oxygen atoms in total. The Morgan fingerprint density at radius 3 is 2.39 bits per heavy atom. The van der Waals surface area contributed by atoms with Gasteiger partial charge in [-0.1, -0.05) is 36.4 Å². The molecule has 0 spiro atoms. The maximum atomic E-state index is 14.3. The molecule has 28 heavy (non-hydrogen) atoms. The molecule has 0 atom stereocenters. The first-order valence-electron chi connectivity index (χ1n) is 9.23. The van der Waals surface area contributed by atoms with E-state index in [9.17, 15) is 13.2 Å². The molecular weight excluding hydrogens is 361 g/mol. The number of hydrogen-bond donors (Lipinski definition) is 0. The highest BCUT2D eigenvalue weighted by atomic mass is 19.1. The van der Waals surface area contributed by atoms with E-state index in [0.717, 1.165) is 16.5 Å². The molecule has 0 amide bonds. The molecule has 0 saturated heterocycles. The van der Waals surface area contributed by atoms with Gasteiger partial charge in [0.25, 0.3) is 0 Å². The molecule has 0 radical (unpaired) electrons. The molecule has 2 heterocycles. The van der Waals surface area contributed by atoms with E-state index in [1.54, 1.807) is 38.2 Å². The number of aromatic nitrogens is 1. The van der Waals surface area contributed by atoms with Crippen molar-refractivity contribution in [2.24, 2.45) is 4.99 Å². The summed E-state index contributed by atoms with van der Waals surface area (Å²) in [6.45, 7) is 0.724. The van der Waals surface area contributed by atoms with Gasteiger partial charge in [0.15, 0.2) is 0 Å². The van der Waals surface area contributed by atoms with Crippen LogP contribution >= 0.6 is 0 Å². The maximum absolute atomic E-state index is 14.3. The van der Waals surface area contributed by atoms with Crippen molar-refractivity contribution < 1.29 is 13.2 Å². The van der Waals surface area contributed by atoms with Crippen molar-refractivity contribution >= 4 is 16.6 Å². The van der Waals surface area contributed by atoms with Crippen LogP contribution < -0.4 is 0 Å². The largest absolute Gasteiger partial charge is 0.277 e. The van der Waals surface area contributed by atoms with Crippen molar-refractivity contribution in [3.8, 4) is 0 Å². The number of nitrogens with zero attached hydrogens (tertiary/aromatic N) is 2. The van der Waals surface area contributed by atoms with Crippen molar-refractivity contribution in [3.05, 3.63) is 77.0 Å². The molecule has 0 aliphatic carbocycles. The third kappa shape index (κ3) is 2.56. The fraction of sp³-hybridized carbons (Fsp3) is 0.304. The van der Waals surface area contributed by atoms with Crippen LogP contribution in [0.15, 0.2) is 59.7 Å². The van der Waals surface area contributed by atoms with Crippen LogP contribution in [0.4, 0.5) is 13.2 Å². The number of benzene rings is 2. The predicted octanol–water partition coefficient (Wildman–Crippen LogP) is 5.51. The maximum Gasteiger partial charge on any atom is 0.115 e. The van der Waals surface area contributed by atoms with Gasteiger partial charge in [0.05, 0.1) is 22.2 Å². The highest BCUT2D eigenvalue weighted by Crippen LogP contribution is 2.47. The SMILES string of the molecule is CC1(C)N=C(c2cnc3ccccc3c2)c2cccc(CF)c2C1(CF)CF. The van der Waals surface area contributed by atoms with E-state index in [4.69, 9.17) is 4.99 Å². The summed E-state index contributed by atoms with van der Waals surface area (Å²) in [6, 6.07) is 14.7. The van der Waals surface area contributed by atoms with E-state index in [0.29, 0.717) is 22.4 Å². The lowest BCUT2D eigenvalue weighted by atomic mass is 9.63. The molecule has 1 aromatic heterocycles. The Kier molecular flexibility index (Phi) is 4.48. The van der Waals surface area contributed by atoms with Gasteiger partial charge in [-0.15, -0.1) is 0 Å². The molecule has 2 aromatic carbocycles. The average Bonchev–Trinajstić information content (AvgIpc) is 2.72. The van der Waals surface area contributed by atoms with Crippen molar-refractivity contribution in [2.45, 2.75) is 31.5 Å². The highest BCUT2D eigenvalue weighted by Gasteiger charge is 2.52. The number of alkyl halides is 3. The van der Waals surface area contributed by atoms with E-state index in [1.807, 2.05) is 30.3 Å². The molecule has 5 heteroatoms. The summed E-state index contributed by atoms with van der Waals surface area (Å²) >= 11 is 0. The molecule has 3 aromatic rings. The minimum atomic E-state index is -1.52. The van der Waals surface area contributed by atoms with Gasteiger partial charge >= 0.3 is 0 Å². The first-order chi connectivity index (χ1) is 13.5. The van der Waals surface area contributed by atoms with Gasteiger partial charge < -0.3 is 0 Å². The van der Waals surface area contributed by atoms with E-state index >= 15 is 0 Å². The number of fused-ring (bicyclic) bond motifs is 2. The van der Waals surface area contributed by atoms with Gasteiger partial charge in [-0.3, -0.25) is 9.98 Å². The van der Waals surface area contributed by atoms with Gasteiger partial charge in [-0.05, 0) is 37.1 Å². The molecular formula is C23H21F3N2. The lowest BCUT2D eigenvalue weighted by molar-refractivity contribution is 0.149. The number of para-hydroxylation sites is 1. The van der Waals surface area contributed by atoms with Crippen LogP contribution in [-0.2, 0) is 12.1 Å². The molecule has 0 N–H and O–H groups in total. The van der Waals surface area contributed by atoms with E-state index in [2.05, 4.69) is 4.98 Å². The fourth-order valence-corrected chi connectivity index (χ4v) is 4.14. The zero-order valence-corrected chi connectivity index (χ0v) is 15.8. The summed E-state index contributed by atoms with van der Waals surface area (Å²) < 4.78 is 42.5. The Bertz CT molecular complexity index is 1070. The lowest BCUT2D eigenvalue weighted by Gasteiger charge is -2.46. The number of halogens is 3. The molecule has 1 aliphatic heterocycles. The molecule has 0 fully saturated rings. The minimum absolute atomic E-state index is 0.307. The lowest BCUT2D eigenvalue weighted by Crippen LogP contribution is -2.54. The predicted molar refractivity (Wildman–Crippen MR) is 106 cm³/mol. The van der Waals surface area contributed by atoms with Crippen molar-refractivity contribution in [2.75, 3.05) is 13.3 Å². The Balaban J connectivity index is 2.02. The number of aliphatic imine (C=N–C) groups is 1. The Morgan fingerprint density at radius 2 is 1.68 bits per heavy atom. The number of hydrogen-bond acceptors (Lipinski definition) is 2. The second-order valence-corrected chi connectivity index (χ2v) is 7.76. The minimum Gasteiger partial charge on any atom is -0.277 e. The first kappa shape index (κ1) is 18.7. The van der Waals surface area contributed by atoms with Crippen molar-refractivity contribution in [1.29, 1.82) is 0 Å². The van der Waals surface area contributed by atoms with Gasteiger partial charge in [0.1, 0.15) is 20.0 Å². The standard InChI is InChI=1S/C23H21F3N2/c1-22(2)23(13-25,14-26)20-16(11-24)7-5-8-18(20)21(28-22)17-10-15-6-3-4-9-19(15)27-12-17/h3-10,12H,11,13-14H2,1-2H3. The van der Waals surface area contributed by atoms with Crippen LogP contribution in [0.5, 0.6) is 0 Å². The Morgan fingerprint density at radius 1 is 0.929 bits per heavy atom. The molecule has 0 unspecified atom stereocenters. The summed E-state index contributed by atoms with van der Waals surface area (Å²) in [5.41, 5.74) is 0.839. The zero-order chi connectivity index (χ0) is 19.9. The third-order valence-electron chi connectivity index (χ3n) is 5.91. The normalized spacial score (nSPS) is 17.2. The average molecular weight is 382 g/mol. The molecule has 4 rings (SSSR count). The van der Waals surface area contributed by atoms with E-state index in [1.165, 1.54) is 0 Å². The number of rotatable bonds is 4. The van der Waals surface area contributed by atoms with E-state index < -0.39 is 31.0 Å². The van der Waals surface area contributed by atoms with Crippen LogP contribution in [0.2, 0.25) is 0 Å². The van der Waals surface area contributed by atoms with Crippen LogP contribution in [0.1, 0.15) is 36.1 Å². The quantitative estimate of drug-likeness (QED) is 0.584. The molecule has 0 bridgehead atoms. The van der Waals surface area contributed by atoms with Crippen molar-refractivity contribution in [3.63, 3.8) is 0 Å². The summed E-state index contributed by atoms with van der Waals surface area (Å²) in [4.78, 5) is 9.27. The molecule has 0 saturated carbocycles. The second kappa shape index (κ2) is 6.73. The second-order valence-electron chi connectivity index (χ2n) is 7.76. The van der Waals surface area contributed by atoms with Crippen molar-refractivity contribution in [1.82, 2.24) is 4.98 Å². The summed E-state index contributed by atoms with van der Waals surface area (Å²) in [7, 11) is 0. The van der Waals surface area contributed by atoms with Crippen LogP contribution in [0, 0.1) is 0 Å². The summed E-state index contributed by atoms with van der Waals surface area (Å²) in [5, 5.41) is 0.941. The summed E-state index contributed by atoms with van der Waals surface area (Å²) in [6.07, 6.45) is 1.71. The van der Waals surface area contributed by atoms with Gasteiger partial charge in [-0.2, -0.15) is 0 Å². The smallest absolute Gasteiger partial charge is 0.115 e. The van der Waals surface area contributed by atoms with Gasteiger partial charge in [-0.25, -0.2) is 13.2 Å². The van der Waals surface area contributed by atoms with Gasteiger partial charge in [0.2, 0.25) is 0 Å². The first-order valence-corrected chi connectivity index (χ1v) is 9.23. The van der Waals surface area contributed by atoms with Crippen LogP contribution in [0.25, 0.3) is 10.9 Å². The monoisotopic (exact) mass is 382 g/mol. The summed E-state index contributed by atoms with van der Waals surface area (Å²) in [5.74, 6) is 0. The Hall–Kier alpha value is -2.69. The van der Waals surface area contributed by atoms with Gasteiger partial charge in [0, 0.05) is 22.7 Å². The zero-order valence-electron chi connectivity index (χ0n) is 15.8. The number of pyridine rings is 1. The van der Waals surface area contributed by atoms with Crippen LogP contribution in [-0.4, -0.2) is 29.6 Å². The third-order valence-corrected chi connectivity index (χ3v) is 5.91. The Labute approximate surface area is 162 Å². The molecule has 1 aliphatic rings. The highest BCUT2D eigenvalue weighted by molar-refractivity contribution is 6.16. The fourth-order valence-electron chi connectivity index (χ4n) is 4.14.